The van der Waals surface area contributed by atoms with Crippen molar-refractivity contribution < 1.29 is 9.53 Å². The molecule has 0 bridgehead atoms. The summed E-state index contributed by atoms with van der Waals surface area (Å²) >= 11 is 0. The molecular formula is C27H37N3O2. The summed E-state index contributed by atoms with van der Waals surface area (Å²) in [6.07, 6.45) is 4.69. The highest BCUT2D eigenvalue weighted by atomic mass is 16.5. The number of carbonyl (C=O) groups excluding carboxylic acids is 1. The lowest BCUT2D eigenvalue weighted by molar-refractivity contribution is 0.0894. The molecule has 1 unspecified atom stereocenters. The number of nitrogens with zero attached hydrogens (tertiary/aromatic N) is 2. The van der Waals surface area contributed by atoms with Crippen LogP contribution in [0.2, 0.25) is 0 Å². The number of piperidine rings is 1. The standard InChI is InChI=1S/C27H37N3O2/c1-22(23-9-3-2-4-10-23)21-30-18-13-24(14-19-30)32-26-12-6-5-11-25(26)27(31)28-15-20-29-16-7-8-17-29/h2-6,9-12,22,24H,7-8,13-21H2,1H3,(H,28,31). The minimum Gasteiger partial charge on any atom is -0.489 e. The van der Waals surface area contributed by atoms with Crippen LogP contribution < -0.4 is 10.1 Å². The van der Waals surface area contributed by atoms with Gasteiger partial charge >= 0.3 is 0 Å². The van der Waals surface area contributed by atoms with Gasteiger partial charge in [-0.15, -0.1) is 0 Å². The number of likely N-dealkylation sites (tertiary alicyclic amines) is 2. The first kappa shape index (κ1) is 22.8. The molecule has 2 aliphatic rings. The molecule has 2 aliphatic heterocycles. The van der Waals surface area contributed by atoms with Gasteiger partial charge in [0.25, 0.3) is 5.91 Å². The number of hydrogen-bond acceptors (Lipinski definition) is 4. The number of benzene rings is 2. The second-order valence-electron chi connectivity index (χ2n) is 9.23. The molecule has 4 rings (SSSR count). The predicted molar refractivity (Wildman–Crippen MR) is 129 cm³/mol. The molecule has 5 heteroatoms. The maximum Gasteiger partial charge on any atom is 0.255 e. The summed E-state index contributed by atoms with van der Waals surface area (Å²) in [5, 5.41) is 3.08. The van der Waals surface area contributed by atoms with Crippen molar-refractivity contribution in [1.29, 1.82) is 0 Å². The largest absolute Gasteiger partial charge is 0.489 e. The Morgan fingerprint density at radius 1 is 0.969 bits per heavy atom. The molecule has 0 radical (unpaired) electrons. The summed E-state index contributed by atoms with van der Waals surface area (Å²) in [7, 11) is 0. The molecule has 2 aromatic rings. The van der Waals surface area contributed by atoms with Crippen LogP contribution in [-0.2, 0) is 0 Å². The molecule has 5 nitrogen and oxygen atoms in total. The second-order valence-corrected chi connectivity index (χ2v) is 9.23. The van der Waals surface area contributed by atoms with E-state index in [4.69, 9.17) is 4.74 Å². The predicted octanol–water partition coefficient (Wildman–Crippen LogP) is 4.16. The fraction of sp³-hybridized carbons (Fsp3) is 0.519. The highest BCUT2D eigenvalue weighted by Gasteiger charge is 2.23. The lowest BCUT2D eigenvalue weighted by atomic mass is 9.99. The van der Waals surface area contributed by atoms with E-state index in [2.05, 4.69) is 52.4 Å². The molecule has 2 saturated heterocycles. The first-order chi connectivity index (χ1) is 15.7. The topological polar surface area (TPSA) is 44.8 Å². The van der Waals surface area contributed by atoms with Crippen LogP contribution in [0.5, 0.6) is 5.75 Å². The SMILES string of the molecule is CC(CN1CCC(Oc2ccccc2C(=O)NCCN2CCCC2)CC1)c1ccccc1. The van der Waals surface area contributed by atoms with Crippen molar-refractivity contribution in [1.82, 2.24) is 15.1 Å². The van der Waals surface area contributed by atoms with Crippen molar-refractivity contribution in [3.63, 3.8) is 0 Å². The van der Waals surface area contributed by atoms with E-state index in [1.165, 1.54) is 18.4 Å². The maximum atomic E-state index is 12.8. The number of hydrogen-bond donors (Lipinski definition) is 1. The van der Waals surface area contributed by atoms with Gasteiger partial charge in [0.2, 0.25) is 0 Å². The molecule has 2 aromatic carbocycles. The van der Waals surface area contributed by atoms with Gasteiger partial charge < -0.3 is 19.9 Å². The highest BCUT2D eigenvalue weighted by molar-refractivity contribution is 5.96. The molecule has 0 saturated carbocycles. The summed E-state index contributed by atoms with van der Waals surface area (Å²) in [6.45, 7) is 9.36. The van der Waals surface area contributed by atoms with Gasteiger partial charge in [-0.1, -0.05) is 49.4 Å². The van der Waals surface area contributed by atoms with Crippen LogP contribution in [-0.4, -0.2) is 67.6 Å². The molecule has 2 heterocycles. The maximum absolute atomic E-state index is 12.8. The number of nitrogens with one attached hydrogen (secondary N) is 1. The Morgan fingerprint density at radius 3 is 2.41 bits per heavy atom. The first-order valence-corrected chi connectivity index (χ1v) is 12.2. The zero-order valence-corrected chi connectivity index (χ0v) is 19.3. The number of amides is 1. The Labute approximate surface area is 192 Å². The van der Waals surface area contributed by atoms with E-state index in [1.807, 2.05) is 24.3 Å². The Bertz CT molecular complexity index is 843. The molecule has 2 fully saturated rings. The Balaban J connectivity index is 1.24. The third-order valence-corrected chi connectivity index (χ3v) is 6.77. The van der Waals surface area contributed by atoms with E-state index >= 15 is 0 Å². The fourth-order valence-electron chi connectivity index (χ4n) is 4.85. The molecule has 32 heavy (non-hydrogen) atoms. The van der Waals surface area contributed by atoms with Crippen LogP contribution in [0, 0.1) is 0 Å². The van der Waals surface area contributed by atoms with Crippen molar-refractivity contribution in [3.8, 4) is 5.75 Å². The van der Waals surface area contributed by atoms with Gasteiger partial charge in [-0.3, -0.25) is 4.79 Å². The van der Waals surface area contributed by atoms with Gasteiger partial charge in [-0.25, -0.2) is 0 Å². The molecule has 1 atom stereocenters. The summed E-state index contributed by atoms with van der Waals surface area (Å²) in [5.41, 5.74) is 2.05. The van der Waals surface area contributed by atoms with E-state index in [0.29, 0.717) is 23.8 Å². The highest BCUT2D eigenvalue weighted by Crippen LogP contribution is 2.25. The minimum atomic E-state index is -0.0334. The molecule has 0 aliphatic carbocycles. The smallest absolute Gasteiger partial charge is 0.255 e. The van der Waals surface area contributed by atoms with Crippen molar-refractivity contribution >= 4 is 5.91 Å². The average Bonchev–Trinajstić information content (AvgIpc) is 3.35. The Morgan fingerprint density at radius 2 is 1.66 bits per heavy atom. The Hall–Kier alpha value is -2.37. The molecular weight excluding hydrogens is 398 g/mol. The first-order valence-electron chi connectivity index (χ1n) is 12.2. The third kappa shape index (κ3) is 6.33. The van der Waals surface area contributed by atoms with Gasteiger partial charge in [-0.05, 0) is 62.4 Å². The van der Waals surface area contributed by atoms with Crippen LogP contribution >= 0.6 is 0 Å². The number of ether oxygens (including phenoxy) is 1. The van der Waals surface area contributed by atoms with Gasteiger partial charge in [0.15, 0.2) is 0 Å². The molecule has 172 valence electrons. The molecule has 0 spiro atoms. The van der Waals surface area contributed by atoms with Gasteiger partial charge in [0, 0.05) is 32.7 Å². The van der Waals surface area contributed by atoms with Crippen LogP contribution in [0.15, 0.2) is 54.6 Å². The van der Waals surface area contributed by atoms with E-state index < -0.39 is 0 Å². The summed E-state index contributed by atoms with van der Waals surface area (Å²) < 4.78 is 6.33. The van der Waals surface area contributed by atoms with E-state index in [1.54, 1.807) is 0 Å². The molecule has 0 aromatic heterocycles. The summed E-state index contributed by atoms with van der Waals surface area (Å²) in [5.74, 6) is 1.20. The van der Waals surface area contributed by atoms with Crippen LogP contribution in [0.4, 0.5) is 0 Å². The normalized spacial score (nSPS) is 19.0. The van der Waals surface area contributed by atoms with Crippen molar-refractivity contribution in [2.24, 2.45) is 0 Å². The van der Waals surface area contributed by atoms with Crippen molar-refractivity contribution in [2.75, 3.05) is 45.8 Å². The number of carbonyl (C=O) groups is 1. The van der Waals surface area contributed by atoms with E-state index in [9.17, 15) is 4.79 Å². The van der Waals surface area contributed by atoms with Crippen LogP contribution in [0.3, 0.4) is 0 Å². The minimum absolute atomic E-state index is 0.0334. The second kappa shape index (κ2) is 11.5. The van der Waals surface area contributed by atoms with Crippen LogP contribution in [0.25, 0.3) is 0 Å². The zero-order valence-electron chi connectivity index (χ0n) is 19.3. The van der Waals surface area contributed by atoms with E-state index in [0.717, 1.165) is 52.1 Å². The monoisotopic (exact) mass is 435 g/mol. The summed E-state index contributed by atoms with van der Waals surface area (Å²) in [4.78, 5) is 17.7. The van der Waals surface area contributed by atoms with Crippen LogP contribution in [0.1, 0.15) is 54.4 Å². The lowest BCUT2D eigenvalue weighted by Crippen LogP contribution is -2.40. The molecule has 1 amide bonds. The zero-order chi connectivity index (χ0) is 22.2. The quantitative estimate of drug-likeness (QED) is 0.642. The Kier molecular flexibility index (Phi) is 8.18. The average molecular weight is 436 g/mol. The van der Waals surface area contributed by atoms with Crippen molar-refractivity contribution in [2.45, 2.75) is 44.6 Å². The van der Waals surface area contributed by atoms with E-state index in [-0.39, 0.29) is 12.0 Å². The van der Waals surface area contributed by atoms with Crippen molar-refractivity contribution in [3.05, 3.63) is 65.7 Å². The van der Waals surface area contributed by atoms with Gasteiger partial charge in [0.1, 0.15) is 11.9 Å². The van der Waals surface area contributed by atoms with Gasteiger partial charge in [-0.2, -0.15) is 0 Å². The summed E-state index contributed by atoms with van der Waals surface area (Å²) in [6, 6.07) is 18.4. The third-order valence-electron chi connectivity index (χ3n) is 6.77. The lowest BCUT2D eigenvalue weighted by Gasteiger charge is -2.34. The fourth-order valence-corrected chi connectivity index (χ4v) is 4.85. The number of para-hydroxylation sites is 1. The number of rotatable bonds is 9. The molecule has 1 N–H and O–H groups in total. The van der Waals surface area contributed by atoms with Gasteiger partial charge in [0.05, 0.1) is 5.56 Å².